The van der Waals surface area contributed by atoms with E-state index in [1.165, 1.54) is 0 Å². The van der Waals surface area contributed by atoms with Crippen molar-refractivity contribution in [2.75, 3.05) is 36.4 Å². The lowest BCUT2D eigenvalue weighted by Crippen LogP contribution is -2.48. The number of nitrogens with zero attached hydrogens (tertiary/aromatic N) is 3. The van der Waals surface area contributed by atoms with E-state index in [-0.39, 0.29) is 22.6 Å². The fraction of sp³-hybridized carbons (Fsp3) is 0.240. The number of halogens is 1. The minimum atomic E-state index is -0.369. The number of carbonyl (C=O) groups is 1. The van der Waals surface area contributed by atoms with Gasteiger partial charge >= 0.3 is 0 Å². The molecule has 3 aromatic rings. The van der Waals surface area contributed by atoms with Crippen LogP contribution in [0.15, 0.2) is 72.8 Å². The summed E-state index contributed by atoms with van der Waals surface area (Å²) in [5.74, 6) is -0.0194. The first-order valence-electron chi connectivity index (χ1n) is 10.8. The zero-order chi connectivity index (χ0) is 23.4. The number of benzene rings is 3. The number of hydrogen-bond acceptors (Lipinski definition) is 5. The zero-order valence-corrected chi connectivity index (χ0v) is 19.0. The van der Waals surface area contributed by atoms with Crippen LogP contribution in [-0.2, 0) is 0 Å². The summed E-state index contributed by atoms with van der Waals surface area (Å²) >= 11 is 5.92. The number of nitro groups is 1. The molecule has 8 heteroatoms. The predicted octanol–water partition coefficient (Wildman–Crippen LogP) is 5.38. The summed E-state index contributed by atoms with van der Waals surface area (Å²) in [5.41, 5.74) is 3.07. The summed E-state index contributed by atoms with van der Waals surface area (Å²) in [4.78, 5) is 28.0. The van der Waals surface area contributed by atoms with Crippen LogP contribution in [0.4, 0.5) is 17.1 Å². The zero-order valence-electron chi connectivity index (χ0n) is 18.3. The maximum atomic E-state index is 12.8. The molecule has 1 N–H and O–H groups in total. The topological polar surface area (TPSA) is 78.7 Å². The Bertz CT molecular complexity index is 1130. The van der Waals surface area contributed by atoms with E-state index in [2.05, 4.69) is 10.2 Å². The van der Waals surface area contributed by atoms with E-state index >= 15 is 0 Å². The van der Waals surface area contributed by atoms with Gasteiger partial charge in [0.15, 0.2) is 0 Å². The molecule has 1 aliphatic rings. The SMILES string of the molecule is C[C@@H](Nc1cc(N2CCN(C(=O)c3ccc(Cl)cc3)CC2)ccc1[N+](=O)[O-])c1ccccc1. The molecule has 1 atom stereocenters. The van der Waals surface area contributed by atoms with Crippen molar-refractivity contribution in [2.24, 2.45) is 0 Å². The van der Waals surface area contributed by atoms with E-state index in [0.717, 1.165) is 11.3 Å². The van der Waals surface area contributed by atoms with E-state index in [1.807, 2.05) is 48.2 Å². The largest absolute Gasteiger partial charge is 0.373 e. The van der Waals surface area contributed by atoms with E-state index in [1.54, 1.807) is 36.4 Å². The Balaban J connectivity index is 1.47. The van der Waals surface area contributed by atoms with Crippen molar-refractivity contribution >= 4 is 34.6 Å². The molecule has 1 aliphatic heterocycles. The molecular weight excluding hydrogens is 440 g/mol. The lowest BCUT2D eigenvalue weighted by molar-refractivity contribution is -0.384. The average Bonchev–Trinajstić information content (AvgIpc) is 2.84. The molecule has 170 valence electrons. The van der Waals surface area contributed by atoms with E-state index in [9.17, 15) is 14.9 Å². The Labute approximate surface area is 197 Å². The minimum absolute atomic E-state index is 0.0194. The molecule has 0 radical (unpaired) electrons. The van der Waals surface area contributed by atoms with Crippen molar-refractivity contribution in [1.29, 1.82) is 0 Å². The van der Waals surface area contributed by atoms with E-state index in [0.29, 0.717) is 42.5 Å². The summed E-state index contributed by atoms with van der Waals surface area (Å²) in [6.45, 7) is 4.41. The maximum absolute atomic E-state index is 12.8. The molecule has 0 spiro atoms. The van der Waals surface area contributed by atoms with Crippen molar-refractivity contribution in [1.82, 2.24) is 4.90 Å². The predicted molar refractivity (Wildman–Crippen MR) is 131 cm³/mol. The highest BCUT2D eigenvalue weighted by molar-refractivity contribution is 6.30. The van der Waals surface area contributed by atoms with Crippen LogP contribution in [0.5, 0.6) is 0 Å². The molecule has 1 saturated heterocycles. The van der Waals surface area contributed by atoms with Crippen molar-refractivity contribution in [2.45, 2.75) is 13.0 Å². The van der Waals surface area contributed by atoms with Crippen LogP contribution >= 0.6 is 11.6 Å². The first-order valence-corrected chi connectivity index (χ1v) is 11.2. The smallest absolute Gasteiger partial charge is 0.292 e. The highest BCUT2D eigenvalue weighted by Gasteiger charge is 2.24. The Hall–Kier alpha value is -3.58. The molecule has 1 fully saturated rings. The van der Waals surface area contributed by atoms with Crippen LogP contribution in [0.3, 0.4) is 0 Å². The van der Waals surface area contributed by atoms with Gasteiger partial charge in [-0.3, -0.25) is 14.9 Å². The third-order valence-electron chi connectivity index (χ3n) is 5.87. The Morgan fingerprint density at radius 1 is 1.00 bits per heavy atom. The Kier molecular flexibility index (Phi) is 6.79. The normalized spacial score (nSPS) is 14.6. The molecular formula is C25H25ClN4O3. The molecule has 7 nitrogen and oxygen atoms in total. The van der Waals surface area contributed by atoms with Crippen molar-refractivity contribution in [3.63, 3.8) is 0 Å². The fourth-order valence-electron chi connectivity index (χ4n) is 4.00. The number of anilines is 2. The van der Waals surface area contributed by atoms with Gasteiger partial charge in [-0.25, -0.2) is 0 Å². The molecule has 1 amide bonds. The minimum Gasteiger partial charge on any atom is -0.373 e. The van der Waals surface area contributed by atoms with Crippen LogP contribution in [0.1, 0.15) is 28.9 Å². The van der Waals surface area contributed by atoms with Gasteiger partial charge in [0, 0.05) is 54.6 Å². The van der Waals surface area contributed by atoms with E-state index in [4.69, 9.17) is 11.6 Å². The third-order valence-corrected chi connectivity index (χ3v) is 6.12. The van der Waals surface area contributed by atoms with Gasteiger partial charge in [-0.15, -0.1) is 0 Å². The fourth-order valence-corrected chi connectivity index (χ4v) is 4.12. The highest BCUT2D eigenvalue weighted by atomic mass is 35.5. The lowest BCUT2D eigenvalue weighted by atomic mass is 10.1. The van der Waals surface area contributed by atoms with E-state index < -0.39 is 0 Å². The van der Waals surface area contributed by atoms with Gasteiger partial charge in [-0.05, 0) is 48.9 Å². The van der Waals surface area contributed by atoms with Gasteiger partial charge in [-0.1, -0.05) is 41.9 Å². The molecule has 0 aromatic heterocycles. The van der Waals surface area contributed by atoms with Crippen LogP contribution in [0, 0.1) is 10.1 Å². The Morgan fingerprint density at radius 3 is 2.30 bits per heavy atom. The second kappa shape index (κ2) is 9.92. The molecule has 0 bridgehead atoms. The monoisotopic (exact) mass is 464 g/mol. The summed E-state index contributed by atoms with van der Waals surface area (Å²) in [7, 11) is 0. The van der Waals surface area contributed by atoms with Crippen LogP contribution < -0.4 is 10.2 Å². The average molecular weight is 465 g/mol. The summed E-state index contributed by atoms with van der Waals surface area (Å²) in [6.07, 6.45) is 0. The van der Waals surface area contributed by atoms with Crippen LogP contribution in [0.25, 0.3) is 0 Å². The molecule has 0 unspecified atom stereocenters. The number of carbonyl (C=O) groups excluding carboxylic acids is 1. The standard InChI is InChI=1S/C25H25ClN4O3/c1-18(19-5-3-2-4-6-19)27-23-17-22(11-12-24(23)30(32)33)28-13-15-29(16-14-28)25(31)20-7-9-21(26)10-8-20/h2-12,17-18,27H,13-16H2,1H3/t18-/m1/s1. The van der Waals surface area contributed by atoms with Crippen LogP contribution in [0.2, 0.25) is 5.02 Å². The third kappa shape index (κ3) is 5.26. The molecule has 0 saturated carbocycles. The number of piperazine rings is 1. The second-order valence-corrected chi connectivity index (χ2v) is 8.46. The summed E-state index contributed by atoms with van der Waals surface area (Å²) in [6, 6.07) is 21.8. The van der Waals surface area contributed by atoms with Crippen molar-refractivity contribution < 1.29 is 9.72 Å². The van der Waals surface area contributed by atoms with Gasteiger partial charge in [0.2, 0.25) is 0 Å². The number of nitro benzene ring substituents is 1. The van der Waals surface area contributed by atoms with Crippen LogP contribution in [-0.4, -0.2) is 41.9 Å². The highest BCUT2D eigenvalue weighted by Crippen LogP contribution is 2.33. The molecule has 3 aromatic carbocycles. The summed E-state index contributed by atoms with van der Waals surface area (Å²) in [5, 5.41) is 15.5. The van der Waals surface area contributed by atoms with Gasteiger partial charge in [0.25, 0.3) is 11.6 Å². The number of hydrogen-bond donors (Lipinski definition) is 1. The molecule has 33 heavy (non-hydrogen) atoms. The molecule has 4 rings (SSSR count). The summed E-state index contributed by atoms with van der Waals surface area (Å²) < 4.78 is 0. The van der Waals surface area contributed by atoms with Crippen molar-refractivity contribution in [3.05, 3.63) is 99.1 Å². The first-order chi connectivity index (χ1) is 15.9. The maximum Gasteiger partial charge on any atom is 0.292 e. The first kappa shape index (κ1) is 22.6. The Morgan fingerprint density at radius 2 is 1.67 bits per heavy atom. The van der Waals surface area contributed by atoms with Gasteiger partial charge in [-0.2, -0.15) is 0 Å². The lowest BCUT2D eigenvalue weighted by Gasteiger charge is -2.36. The van der Waals surface area contributed by atoms with Gasteiger partial charge < -0.3 is 15.1 Å². The number of nitrogens with one attached hydrogen (secondary N) is 1. The number of amides is 1. The quantitative estimate of drug-likeness (QED) is 0.391. The van der Waals surface area contributed by atoms with Gasteiger partial charge in [0.1, 0.15) is 5.69 Å². The van der Waals surface area contributed by atoms with Crippen molar-refractivity contribution in [3.8, 4) is 0 Å². The molecule has 0 aliphatic carbocycles. The number of rotatable bonds is 6. The second-order valence-electron chi connectivity index (χ2n) is 8.02. The molecule has 1 heterocycles. The van der Waals surface area contributed by atoms with Gasteiger partial charge in [0.05, 0.1) is 4.92 Å².